The van der Waals surface area contributed by atoms with Crippen molar-refractivity contribution >= 4 is 5.91 Å². The lowest BCUT2D eigenvalue weighted by Crippen LogP contribution is -2.34. The van der Waals surface area contributed by atoms with Crippen LogP contribution in [0, 0.1) is 6.92 Å². The van der Waals surface area contributed by atoms with Crippen molar-refractivity contribution in [1.29, 1.82) is 0 Å². The van der Waals surface area contributed by atoms with Crippen molar-refractivity contribution in [3.05, 3.63) is 64.7 Å². The molecule has 0 aliphatic carbocycles. The minimum absolute atomic E-state index is 0.0132. The largest absolute Gasteiger partial charge is 0.493 e. The molecule has 0 fully saturated rings. The molecule has 0 saturated heterocycles. The lowest BCUT2D eigenvalue weighted by atomic mass is 10.0. The average Bonchev–Trinajstić information content (AvgIpc) is 2.94. The highest BCUT2D eigenvalue weighted by molar-refractivity contribution is 5.94. The Morgan fingerprint density at radius 1 is 1.27 bits per heavy atom. The Kier molecular flexibility index (Phi) is 4.14. The number of fused-ring (bicyclic) bond motifs is 1. The first kappa shape index (κ1) is 14.6. The van der Waals surface area contributed by atoms with Gasteiger partial charge in [-0.25, -0.2) is 0 Å². The molecule has 0 aromatic heterocycles. The highest BCUT2D eigenvalue weighted by atomic mass is 16.5. The van der Waals surface area contributed by atoms with Gasteiger partial charge in [0.1, 0.15) is 5.75 Å². The van der Waals surface area contributed by atoms with Crippen LogP contribution in [0.2, 0.25) is 0 Å². The minimum atomic E-state index is -0.0132. The number of aryl methyl sites for hydroxylation is 1. The Morgan fingerprint density at radius 2 is 2.14 bits per heavy atom. The van der Waals surface area contributed by atoms with Gasteiger partial charge in [0.15, 0.2) is 0 Å². The predicted octanol–water partition coefficient (Wildman–Crippen LogP) is 3.29. The molecule has 3 rings (SSSR count). The van der Waals surface area contributed by atoms with E-state index >= 15 is 0 Å². The van der Waals surface area contributed by atoms with Crippen LogP contribution >= 0.6 is 0 Å². The molecule has 114 valence electrons. The quantitative estimate of drug-likeness (QED) is 0.940. The summed E-state index contributed by atoms with van der Waals surface area (Å²) in [5, 5.41) is 3.07. The zero-order valence-corrected chi connectivity index (χ0v) is 13.1. The fourth-order valence-corrected chi connectivity index (χ4v) is 2.86. The molecule has 3 heteroatoms. The molecule has 0 saturated carbocycles. The lowest BCUT2D eigenvalue weighted by Gasteiger charge is -2.15. The van der Waals surface area contributed by atoms with E-state index in [-0.39, 0.29) is 11.9 Å². The van der Waals surface area contributed by atoms with Crippen LogP contribution in [0.3, 0.4) is 0 Å². The van der Waals surface area contributed by atoms with Gasteiger partial charge in [-0.3, -0.25) is 4.79 Å². The number of nitrogens with one attached hydrogen (secondary N) is 1. The van der Waals surface area contributed by atoms with Gasteiger partial charge in [-0.1, -0.05) is 29.8 Å². The summed E-state index contributed by atoms with van der Waals surface area (Å²) in [7, 11) is 0. The summed E-state index contributed by atoms with van der Waals surface area (Å²) in [6.07, 6.45) is 1.80. The van der Waals surface area contributed by atoms with Crippen LogP contribution in [-0.2, 0) is 12.8 Å². The molecule has 1 N–H and O–H groups in total. The molecule has 1 aliphatic rings. The van der Waals surface area contributed by atoms with Crippen molar-refractivity contribution in [3.63, 3.8) is 0 Å². The lowest BCUT2D eigenvalue weighted by molar-refractivity contribution is 0.0940. The Labute approximate surface area is 131 Å². The number of carbonyl (C=O) groups is 1. The summed E-state index contributed by atoms with van der Waals surface area (Å²) < 4.78 is 5.52. The zero-order valence-electron chi connectivity index (χ0n) is 13.1. The van der Waals surface area contributed by atoms with Gasteiger partial charge in [0.25, 0.3) is 5.91 Å². The number of amides is 1. The molecule has 0 bridgehead atoms. The Morgan fingerprint density at radius 3 is 2.95 bits per heavy atom. The predicted molar refractivity (Wildman–Crippen MR) is 87.5 cm³/mol. The van der Waals surface area contributed by atoms with Crippen molar-refractivity contribution in [1.82, 2.24) is 5.32 Å². The second-order valence-corrected chi connectivity index (χ2v) is 5.99. The maximum atomic E-state index is 12.3. The Bertz CT molecular complexity index is 694. The van der Waals surface area contributed by atoms with Gasteiger partial charge < -0.3 is 10.1 Å². The number of hydrogen-bond donors (Lipinski definition) is 1. The molecule has 2 aromatic rings. The van der Waals surface area contributed by atoms with E-state index in [1.165, 1.54) is 11.1 Å². The summed E-state index contributed by atoms with van der Waals surface area (Å²) in [6.45, 7) is 4.81. The molecular weight excluding hydrogens is 274 g/mol. The molecule has 1 atom stereocenters. The SMILES string of the molecule is Cc1cccc(C(=O)NC(C)Cc2ccc3c(c2)CCO3)c1. The average molecular weight is 295 g/mol. The topological polar surface area (TPSA) is 38.3 Å². The monoisotopic (exact) mass is 295 g/mol. The van der Waals surface area contributed by atoms with Crippen molar-refractivity contribution < 1.29 is 9.53 Å². The molecule has 1 amide bonds. The van der Waals surface area contributed by atoms with E-state index in [4.69, 9.17) is 4.74 Å². The summed E-state index contributed by atoms with van der Waals surface area (Å²) in [4.78, 5) is 12.3. The van der Waals surface area contributed by atoms with Gasteiger partial charge in [-0.2, -0.15) is 0 Å². The number of benzene rings is 2. The van der Waals surface area contributed by atoms with Crippen molar-refractivity contribution in [3.8, 4) is 5.75 Å². The highest BCUT2D eigenvalue weighted by Crippen LogP contribution is 2.26. The van der Waals surface area contributed by atoms with Gasteiger partial charge in [-0.05, 0) is 49.6 Å². The van der Waals surface area contributed by atoms with E-state index < -0.39 is 0 Å². The first-order valence-corrected chi connectivity index (χ1v) is 7.74. The van der Waals surface area contributed by atoms with E-state index in [1.54, 1.807) is 0 Å². The Balaban J connectivity index is 1.62. The molecule has 22 heavy (non-hydrogen) atoms. The van der Waals surface area contributed by atoms with Crippen LogP contribution in [0.15, 0.2) is 42.5 Å². The Hall–Kier alpha value is -2.29. The smallest absolute Gasteiger partial charge is 0.251 e. The van der Waals surface area contributed by atoms with E-state index in [9.17, 15) is 4.79 Å². The maximum Gasteiger partial charge on any atom is 0.251 e. The number of ether oxygens (including phenoxy) is 1. The van der Waals surface area contributed by atoms with Gasteiger partial charge in [0, 0.05) is 18.0 Å². The molecular formula is C19H21NO2. The third-order valence-corrected chi connectivity index (χ3v) is 3.95. The first-order chi connectivity index (χ1) is 10.6. The third kappa shape index (κ3) is 3.30. The highest BCUT2D eigenvalue weighted by Gasteiger charge is 2.14. The van der Waals surface area contributed by atoms with Gasteiger partial charge in [-0.15, -0.1) is 0 Å². The molecule has 2 aromatic carbocycles. The van der Waals surface area contributed by atoms with Gasteiger partial charge in [0.05, 0.1) is 6.61 Å². The molecule has 0 spiro atoms. The third-order valence-electron chi connectivity index (χ3n) is 3.95. The summed E-state index contributed by atoms with van der Waals surface area (Å²) in [5.41, 5.74) is 4.32. The molecule has 0 radical (unpaired) electrons. The van der Waals surface area contributed by atoms with E-state index in [2.05, 4.69) is 17.4 Å². The van der Waals surface area contributed by atoms with Crippen molar-refractivity contribution in [2.45, 2.75) is 32.7 Å². The minimum Gasteiger partial charge on any atom is -0.493 e. The van der Waals surface area contributed by atoms with Crippen LogP contribution < -0.4 is 10.1 Å². The number of carbonyl (C=O) groups excluding carboxylic acids is 1. The molecule has 1 aliphatic heterocycles. The van der Waals surface area contributed by atoms with Crippen LogP contribution in [0.1, 0.15) is 34.0 Å². The standard InChI is InChI=1S/C19H21NO2/c1-13-4-3-5-17(10-13)19(21)20-14(2)11-15-6-7-18-16(12-15)8-9-22-18/h3-7,10,12,14H,8-9,11H2,1-2H3,(H,20,21). The second-order valence-electron chi connectivity index (χ2n) is 5.99. The van der Waals surface area contributed by atoms with Crippen LogP contribution in [0.4, 0.5) is 0 Å². The van der Waals surface area contributed by atoms with Crippen LogP contribution in [-0.4, -0.2) is 18.6 Å². The van der Waals surface area contributed by atoms with Crippen molar-refractivity contribution in [2.24, 2.45) is 0 Å². The summed E-state index contributed by atoms with van der Waals surface area (Å²) >= 11 is 0. The van der Waals surface area contributed by atoms with Gasteiger partial charge in [0.2, 0.25) is 0 Å². The van der Waals surface area contributed by atoms with Crippen LogP contribution in [0.25, 0.3) is 0 Å². The first-order valence-electron chi connectivity index (χ1n) is 7.74. The van der Waals surface area contributed by atoms with E-state index in [1.807, 2.05) is 44.2 Å². The molecule has 3 nitrogen and oxygen atoms in total. The second kappa shape index (κ2) is 6.22. The van der Waals surface area contributed by atoms with E-state index in [0.29, 0.717) is 5.56 Å². The van der Waals surface area contributed by atoms with Crippen LogP contribution in [0.5, 0.6) is 5.75 Å². The maximum absolute atomic E-state index is 12.3. The fourth-order valence-electron chi connectivity index (χ4n) is 2.86. The van der Waals surface area contributed by atoms with Gasteiger partial charge >= 0.3 is 0 Å². The zero-order chi connectivity index (χ0) is 15.5. The summed E-state index contributed by atoms with van der Waals surface area (Å²) in [6, 6.07) is 14.1. The normalized spacial score (nSPS) is 14.1. The summed E-state index contributed by atoms with van der Waals surface area (Å²) in [5.74, 6) is 0.987. The molecule has 1 heterocycles. The van der Waals surface area contributed by atoms with E-state index in [0.717, 1.165) is 30.8 Å². The fraction of sp³-hybridized carbons (Fsp3) is 0.316. The number of hydrogen-bond acceptors (Lipinski definition) is 2. The van der Waals surface area contributed by atoms with Crippen molar-refractivity contribution in [2.75, 3.05) is 6.61 Å². The number of rotatable bonds is 4. The molecule has 1 unspecified atom stereocenters.